The highest BCUT2D eigenvalue weighted by Gasteiger charge is 2.16. The summed E-state index contributed by atoms with van der Waals surface area (Å²) in [6.07, 6.45) is 6.93. The molecule has 0 atom stereocenters. The van der Waals surface area contributed by atoms with Crippen LogP contribution >= 0.6 is 12.2 Å². The van der Waals surface area contributed by atoms with E-state index in [0.29, 0.717) is 4.99 Å². The van der Waals surface area contributed by atoms with Gasteiger partial charge in [-0.05, 0) is 70.8 Å². The maximum atomic E-state index is 5.86. The van der Waals surface area contributed by atoms with Gasteiger partial charge in [0, 0.05) is 12.2 Å². The molecular formula is C16H26N4S. The Morgan fingerprint density at radius 1 is 1.33 bits per heavy atom. The Balaban J connectivity index is 2.01. The summed E-state index contributed by atoms with van der Waals surface area (Å²) in [5.41, 5.74) is 9.30. The lowest BCUT2D eigenvalue weighted by Gasteiger charge is -2.19. The minimum atomic E-state index is 0.437. The summed E-state index contributed by atoms with van der Waals surface area (Å²) in [5, 5.41) is 3.42. The van der Waals surface area contributed by atoms with Crippen molar-refractivity contribution in [1.29, 1.82) is 0 Å². The van der Waals surface area contributed by atoms with Crippen molar-refractivity contribution in [3.63, 3.8) is 0 Å². The molecule has 0 aliphatic heterocycles. The second-order valence-electron chi connectivity index (χ2n) is 6.00. The topological polar surface area (TPSA) is 54.2 Å². The van der Waals surface area contributed by atoms with Gasteiger partial charge in [0.2, 0.25) is 0 Å². The molecule has 0 fully saturated rings. The Morgan fingerprint density at radius 3 is 2.81 bits per heavy atom. The van der Waals surface area contributed by atoms with Crippen molar-refractivity contribution >= 4 is 23.0 Å². The number of thiocarbonyl (C=S) groups is 1. The van der Waals surface area contributed by atoms with Crippen LogP contribution in [-0.2, 0) is 12.8 Å². The van der Waals surface area contributed by atoms with Gasteiger partial charge in [0.1, 0.15) is 10.8 Å². The first kappa shape index (κ1) is 16.2. The van der Waals surface area contributed by atoms with Crippen LogP contribution in [0.2, 0.25) is 0 Å². The molecule has 1 aromatic rings. The van der Waals surface area contributed by atoms with E-state index in [1.807, 2.05) is 0 Å². The second kappa shape index (κ2) is 7.71. The molecule has 0 amide bonds. The van der Waals surface area contributed by atoms with Gasteiger partial charge in [-0.1, -0.05) is 12.2 Å². The summed E-state index contributed by atoms with van der Waals surface area (Å²) < 4.78 is 0. The maximum absolute atomic E-state index is 5.86. The van der Waals surface area contributed by atoms with Crippen LogP contribution in [0.3, 0.4) is 0 Å². The number of anilines is 1. The first-order chi connectivity index (χ1) is 10.1. The lowest BCUT2D eigenvalue weighted by molar-refractivity contribution is 0.396. The lowest BCUT2D eigenvalue weighted by atomic mass is 9.94. The van der Waals surface area contributed by atoms with Crippen molar-refractivity contribution < 1.29 is 0 Å². The SMILES string of the molecule is CN(C)CCCCNc1nc2c(cc1C(N)=S)CCCC2. The molecule has 1 aliphatic carbocycles. The van der Waals surface area contributed by atoms with Crippen LogP contribution in [-0.4, -0.2) is 42.1 Å². The van der Waals surface area contributed by atoms with E-state index in [9.17, 15) is 0 Å². The predicted molar refractivity (Wildman–Crippen MR) is 93.0 cm³/mol. The van der Waals surface area contributed by atoms with Gasteiger partial charge >= 0.3 is 0 Å². The number of aryl methyl sites for hydroxylation is 2. The summed E-state index contributed by atoms with van der Waals surface area (Å²) >= 11 is 5.18. The standard InChI is InChI=1S/C16H26N4S/c1-20(2)10-6-5-9-18-16-13(15(17)21)11-12-7-3-4-8-14(12)19-16/h11H,3-10H2,1-2H3,(H2,17,21)(H,18,19). The van der Waals surface area contributed by atoms with E-state index in [1.54, 1.807) is 0 Å². The van der Waals surface area contributed by atoms with Crippen LogP contribution in [0.25, 0.3) is 0 Å². The van der Waals surface area contributed by atoms with Crippen molar-refractivity contribution in [2.45, 2.75) is 38.5 Å². The van der Waals surface area contributed by atoms with Gasteiger partial charge in [0.25, 0.3) is 0 Å². The van der Waals surface area contributed by atoms with Crippen LogP contribution in [0.4, 0.5) is 5.82 Å². The number of nitrogens with two attached hydrogens (primary N) is 1. The molecule has 3 N–H and O–H groups in total. The zero-order valence-electron chi connectivity index (χ0n) is 13.1. The number of unbranched alkanes of at least 4 members (excludes halogenated alkanes) is 1. The van der Waals surface area contributed by atoms with Crippen LogP contribution < -0.4 is 11.1 Å². The fourth-order valence-electron chi connectivity index (χ4n) is 2.72. The van der Waals surface area contributed by atoms with Crippen molar-refractivity contribution in [3.05, 3.63) is 22.9 Å². The zero-order chi connectivity index (χ0) is 15.2. The van der Waals surface area contributed by atoms with Gasteiger partial charge in [-0.3, -0.25) is 0 Å². The number of hydrogen-bond acceptors (Lipinski definition) is 4. The Bertz CT molecular complexity index is 499. The number of nitrogens with zero attached hydrogens (tertiary/aromatic N) is 2. The van der Waals surface area contributed by atoms with Crippen LogP contribution in [0.1, 0.15) is 42.5 Å². The summed E-state index contributed by atoms with van der Waals surface area (Å²) in [6, 6.07) is 2.14. The van der Waals surface area contributed by atoms with E-state index in [0.717, 1.165) is 43.7 Å². The molecule has 5 heteroatoms. The van der Waals surface area contributed by atoms with Crippen LogP contribution in [0, 0.1) is 0 Å². The third-order valence-electron chi connectivity index (χ3n) is 3.89. The number of pyridine rings is 1. The quantitative estimate of drug-likeness (QED) is 0.598. The maximum Gasteiger partial charge on any atom is 0.136 e. The predicted octanol–water partition coefficient (Wildman–Crippen LogP) is 2.35. The summed E-state index contributed by atoms with van der Waals surface area (Å²) in [6.45, 7) is 2.02. The first-order valence-electron chi connectivity index (χ1n) is 7.79. The van der Waals surface area contributed by atoms with E-state index >= 15 is 0 Å². The zero-order valence-corrected chi connectivity index (χ0v) is 13.9. The Morgan fingerprint density at radius 2 is 2.10 bits per heavy atom. The molecule has 0 unspecified atom stereocenters. The summed E-state index contributed by atoms with van der Waals surface area (Å²) in [7, 11) is 4.20. The third-order valence-corrected chi connectivity index (χ3v) is 4.11. The highest BCUT2D eigenvalue weighted by atomic mass is 32.1. The molecule has 0 saturated heterocycles. The molecule has 116 valence electrons. The summed E-state index contributed by atoms with van der Waals surface area (Å²) in [4.78, 5) is 7.42. The highest BCUT2D eigenvalue weighted by molar-refractivity contribution is 7.80. The molecule has 0 aromatic carbocycles. The average Bonchev–Trinajstić information content (AvgIpc) is 2.45. The fraction of sp³-hybridized carbons (Fsp3) is 0.625. The molecule has 0 bridgehead atoms. The normalized spacial score (nSPS) is 14.0. The highest BCUT2D eigenvalue weighted by Crippen LogP contribution is 2.24. The smallest absolute Gasteiger partial charge is 0.136 e. The lowest BCUT2D eigenvalue weighted by Crippen LogP contribution is -2.19. The first-order valence-corrected chi connectivity index (χ1v) is 8.20. The number of nitrogens with one attached hydrogen (secondary N) is 1. The minimum Gasteiger partial charge on any atom is -0.389 e. The van der Waals surface area contributed by atoms with E-state index in [4.69, 9.17) is 22.9 Å². The van der Waals surface area contributed by atoms with E-state index in [1.165, 1.54) is 30.5 Å². The Hall–Kier alpha value is -1.20. The molecule has 2 rings (SSSR count). The van der Waals surface area contributed by atoms with Gasteiger partial charge in [-0.15, -0.1) is 0 Å². The number of fused-ring (bicyclic) bond motifs is 1. The van der Waals surface area contributed by atoms with Crippen LogP contribution in [0.15, 0.2) is 6.07 Å². The second-order valence-corrected chi connectivity index (χ2v) is 6.44. The van der Waals surface area contributed by atoms with Gasteiger partial charge in [-0.25, -0.2) is 4.98 Å². The van der Waals surface area contributed by atoms with Crippen molar-refractivity contribution in [1.82, 2.24) is 9.88 Å². The largest absolute Gasteiger partial charge is 0.389 e. The van der Waals surface area contributed by atoms with Gasteiger partial charge in [0.15, 0.2) is 0 Å². The van der Waals surface area contributed by atoms with Crippen LogP contribution in [0.5, 0.6) is 0 Å². The Labute approximate surface area is 133 Å². The minimum absolute atomic E-state index is 0.437. The number of aromatic nitrogens is 1. The summed E-state index contributed by atoms with van der Waals surface area (Å²) in [5.74, 6) is 0.869. The molecule has 1 aromatic heterocycles. The molecular weight excluding hydrogens is 280 g/mol. The molecule has 1 heterocycles. The van der Waals surface area contributed by atoms with Crippen molar-refractivity contribution in [3.8, 4) is 0 Å². The van der Waals surface area contributed by atoms with E-state index in [2.05, 4.69) is 30.4 Å². The van der Waals surface area contributed by atoms with E-state index in [-0.39, 0.29) is 0 Å². The monoisotopic (exact) mass is 306 g/mol. The Kier molecular flexibility index (Phi) is 5.94. The molecule has 0 radical (unpaired) electrons. The van der Waals surface area contributed by atoms with Gasteiger partial charge in [-0.2, -0.15) is 0 Å². The van der Waals surface area contributed by atoms with Crippen molar-refractivity contribution in [2.24, 2.45) is 5.73 Å². The third kappa shape index (κ3) is 4.64. The molecule has 4 nitrogen and oxygen atoms in total. The number of rotatable bonds is 7. The molecule has 0 saturated carbocycles. The molecule has 0 spiro atoms. The van der Waals surface area contributed by atoms with Crippen molar-refractivity contribution in [2.75, 3.05) is 32.5 Å². The number of hydrogen-bond donors (Lipinski definition) is 2. The molecule has 1 aliphatic rings. The average molecular weight is 306 g/mol. The fourth-order valence-corrected chi connectivity index (χ4v) is 2.87. The molecule has 21 heavy (non-hydrogen) atoms. The van der Waals surface area contributed by atoms with E-state index < -0.39 is 0 Å². The van der Waals surface area contributed by atoms with Gasteiger partial charge in [0.05, 0.1) is 5.56 Å². The van der Waals surface area contributed by atoms with Gasteiger partial charge < -0.3 is 16.0 Å².